The first-order valence-corrected chi connectivity index (χ1v) is 15.4. The summed E-state index contributed by atoms with van der Waals surface area (Å²) in [6, 6.07) is 0.440. The Balaban J connectivity index is -0.000000433. The van der Waals surface area contributed by atoms with E-state index in [1.807, 2.05) is 53.0 Å². The Hall–Kier alpha value is -2.34. The first-order valence-electron chi connectivity index (χ1n) is 15.4. The quantitative estimate of drug-likeness (QED) is 0.218. The van der Waals surface area contributed by atoms with Crippen LogP contribution in [0.5, 0.6) is 0 Å². The Morgan fingerprint density at radius 2 is 1.56 bits per heavy atom. The van der Waals surface area contributed by atoms with E-state index in [-0.39, 0.29) is 6.04 Å². The summed E-state index contributed by atoms with van der Waals surface area (Å²) >= 11 is 0. The highest BCUT2D eigenvalue weighted by atomic mass is 15.2. The molecule has 0 saturated carbocycles. The topological polar surface area (TPSA) is 18.5 Å². The molecule has 1 aliphatic rings. The van der Waals surface area contributed by atoms with E-state index in [0.717, 1.165) is 49.0 Å². The summed E-state index contributed by atoms with van der Waals surface area (Å²) in [5, 5.41) is 3.40. The van der Waals surface area contributed by atoms with Crippen LogP contribution in [0.2, 0.25) is 0 Å². The molecule has 0 aliphatic carbocycles. The van der Waals surface area contributed by atoms with Crippen molar-refractivity contribution in [2.45, 2.75) is 128 Å². The van der Waals surface area contributed by atoms with Crippen molar-refractivity contribution in [3.05, 3.63) is 60.8 Å². The van der Waals surface area contributed by atoms with Crippen molar-refractivity contribution in [2.24, 2.45) is 17.8 Å². The molecule has 3 unspecified atom stereocenters. The van der Waals surface area contributed by atoms with Gasteiger partial charge in [-0.3, -0.25) is 0 Å². The summed E-state index contributed by atoms with van der Waals surface area (Å²) in [5.41, 5.74) is 3.45. The summed E-state index contributed by atoms with van der Waals surface area (Å²) < 4.78 is 0. The van der Waals surface area contributed by atoms with Gasteiger partial charge >= 0.3 is 0 Å². The molecule has 0 aromatic heterocycles. The molecule has 1 N–H and O–H groups in total. The monoisotopic (exact) mass is 544 g/mol. The predicted molar refractivity (Wildman–Crippen MR) is 182 cm³/mol. The molecule has 0 aromatic carbocycles. The SMILES string of the molecule is C#CC1CC(CC(=C)N/C(C)=C/C=C\C)CN1/C(=C/C)C(CC)N(C)C=C.CC.CC.CC(C)C.CC(C)C. The lowest BCUT2D eigenvalue weighted by atomic mass is 10.0. The number of hydrogen-bond donors (Lipinski definition) is 1. The third-order valence-electron chi connectivity index (χ3n) is 5.16. The largest absolute Gasteiger partial charge is 0.373 e. The van der Waals surface area contributed by atoms with Gasteiger partial charge in [-0.05, 0) is 70.1 Å². The lowest BCUT2D eigenvalue weighted by molar-refractivity contribution is 0.260. The molecular formula is C36H69N3. The van der Waals surface area contributed by atoms with Gasteiger partial charge in [-0.2, -0.15) is 0 Å². The average Bonchev–Trinajstić information content (AvgIpc) is 3.29. The van der Waals surface area contributed by atoms with Crippen molar-refractivity contribution < 1.29 is 0 Å². The maximum atomic E-state index is 5.89. The van der Waals surface area contributed by atoms with E-state index in [1.54, 1.807) is 0 Å². The Kier molecular flexibility index (Phi) is 32.1. The third-order valence-corrected chi connectivity index (χ3v) is 5.16. The lowest BCUT2D eigenvalue weighted by Crippen LogP contribution is -2.39. The molecule has 0 amide bonds. The number of likely N-dealkylation sites (N-methyl/N-ethyl adjacent to an activating group) is 1. The number of rotatable bonds is 10. The minimum Gasteiger partial charge on any atom is -0.373 e. The van der Waals surface area contributed by atoms with Crippen molar-refractivity contribution in [3.63, 3.8) is 0 Å². The molecule has 1 saturated heterocycles. The standard InChI is InChI=1S/C24H37N3.2C4H10.2C2H6/c1-9-14-15-19(6)25-20(7)16-21-17-22(10-2)27(18-21)24(12-4)23(11-3)26(8)13-5;2*1-4(2)3;2*1-2/h2,9,12-15,21-23,25H,5,7,11,16-18H2,1,3-4,6,8H3;2*4H,1-3H3;2*1-2H3/b14-9-,19-15+,24-12+;;;;. The first-order chi connectivity index (χ1) is 18.4. The summed E-state index contributed by atoms with van der Waals surface area (Å²) in [6.07, 6.45) is 19.0. The second-order valence-electron chi connectivity index (χ2n) is 10.7. The van der Waals surface area contributed by atoms with Crippen molar-refractivity contribution in [1.82, 2.24) is 15.1 Å². The van der Waals surface area contributed by atoms with Gasteiger partial charge in [0.2, 0.25) is 0 Å². The van der Waals surface area contributed by atoms with Gasteiger partial charge in [0.05, 0.1) is 12.1 Å². The maximum Gasteiger partial charge on any atom is 0.0902 e. The third kappa shape index (κ3) is 23.3. The minimum atomic E-state index is 0.140. The van der Waals surface area contributed by atoms with Crippen LogP contribution in [0.25, 0.3) is 0 Å². The maximum absolute atomic E-state index is 5.89. The molecule has 3 nitrogen and oxygen atoms in total. The number of terminal acetylenes is 1. The number of nitrogens with one attached hydrogen (secondary N) is 1. The van der Waals surface area contributed by atoms with Gasteiger partial charge in [0.25, 0.3) is 0 Å². The van der Waals surface area contributed by atoms with E-state index in [0.29, 0.717) is 12.0 Å². The molecule has 1 heterocycles. The van der Waals surface area contributed by atoms with Crippen LogP contribution >= 0.6 is 0 Å². The lowest BCUT2D eigenvalue weighted by Gasteiger charge is -2.36. The van der Waals surface area contributed by atoms with Crippen molar-refractivity contribution >= 4 is 0 Å². The normalized spacial score (nSPS) is 17.3. The Labute approximate surface area is 247 Å². The number of allylic oxidation sites excluding steroid dienone is 6. The zero-order valence-electron chi connectivity index (χ0n) is 29.0. The summed E-state index contributed by atoms with van der Waals surface area (Å²) in [4.78, 5) is 4.58. The Bertz CT molecular complexity index is 707. The van der Waals surface area contributed by atoms with Gasteiger partial charge in [-0.15, -0.1) is 6.42 Å². The fraction of sp³-hybridized carbons (Fsp3) is 0.667. The second-order valence-corrected chi connectivity index (χ2v) is 10.7. The average molecular weight is 544 g/mol. The van der Waals surface area contributed by atoms with Gasteiger partial charge in [0, 0.05) is 30.7 Å². The van der Waals surface area contributed by atoms with Crippen LogP contribution in [0.15, 0.2) is 60.8 Å². The Morgan fingerprint density at radius 1 is 1.08 bits per heavy atom. The summed E-state index contributed by atoms with van der Waals surface area (Å²) in [6.45, 7) is 38.5. The molecule has 3 atom stereocenters. The van der Waals surface area contributed by atoms with Gasteiger partial charge in [0.15, 0.2) is 0 Å². The molecule has 1 rings (SSSR count). The zero-order chi connectivity index (χ0) is 31.6. The van der Waals surface area contributed by atoms with Crippen LogP contribution in [-0.4, -0.2) is 35.5 Å². The van der Waals surface area contributed by atoms with Crippen LogP contribution in [0.4, 0.5) is 0 Å². The number of nitrogens with zero attached hydrogens (tertiary/aromatic N) is 2. The molecule has 0 bridgehead atoms. The molecule has 228 valence electrons. The zero-order valence-corrected chi connectivity index (χ0v) is 29.0. The number of hydrogen-bond acceptors (Lipinski definition) is 3. The molecular weight excluding hydrogens is 474 g/mol. The van der Waals surface area contributed by atoms with Crippen molar-refractivity contribution in [1.29, 1.82) is 0 Å². The summed E-state index contributed by atoms with van der Waals surface area (Å²) in [7, 11) is 2.08. The van der Waals surface area contributed by atoms with Crippen molar-refractivity contribution in [3.8, 4) is 12.3 Å². The predicted octanol–water partition coefficient (Wildman–Crippen LogP) is 10.4. The molecule has 1 aliphatic heterocycles. The summed E-state index contributed by atoms with van der Waals surface area (Å²) in [5.74, 6) is 5.18. The molecule has 39 heavy (non-hydrogen) atoms. The fourth-order valence-electron chi connectivity index (χ4n) is 3.86. The van der Waals surface area contributed by atoms with Gasteiger partial charge < -0.3 is 15.1 Å². The Morgan fingerprint density at radius 3 is 1.92 bits per heavy atom. The smallest absolute Gasteiger partial charge is 0.0902 e. The molecule has 0 aromatic rings. The highest BCUT2D eigenvalue weighted by Crippen LogP contribution is 2.33. The molecule has 0 radical (unpaired) electrons. The van der Waals surface area contributed by atoms with Crippen LogP contribution in [-0.2, 0) is 0 Å². The van der Waals surface area contributed by atoms with Gasteiger partial charge in [-0.1, -0.05) is 113 Å². The molecule has 3 heteroatoms. The van der Waals surface area contributed by atoms with Gasteiger partial charge in [-0.25, -0.2) is 0 Å². The molecule has 0 spiro atoms. The van der Waals surface area contributed by atoms with E-state index < -0.39 is 0 Å². The first kappa shape index (κ1) is 43.7. The van der Waals surface area contributed by atoms with Crippen LogP contribution in [0.3, 0.4) is 0 Å². The van der Waals surface area contributed by atoms with Crippen LogP contribution in [0.1, 0.15) is 116 Å². The minimum absolute atomic E-state index is 0.140. The van der Waals surface area contributed by atoms with Crippen LogP contribution < -0.4 is 5.32 Å². The molecule has 1 fully saturated rings. The van der Waals surface area contributed by atoms with Crippen molar-refractivity contribution in [2.75, 3.05) is 13.6 Å². The highest BCUT2D eigenvalue weighted by molar-refractivity contribution is 5.20. The van der Waals surface area contributed by atoms with E-state index in [1.165, 1.54) is 5.70 Å². The van der Waals surface area contributed by atoms with Gasteiger partial charge in [0.1, 0.15) is 0 Å². The highest BCUT2D eigenvalue weighted by Gasteiger charge is 2.34. The van der Waals surface area contributed by atoms with E-state index in [4.69, 9.17) is 6.42 Å². The van der Waals surface area contributed by atoms with E-state index in [9.17, 15) is 0 Å². The van der Waals surface area contributed by atoms with E-state index >= 15 is 0 Å². The van der Waals surface area contributed by atoms with E-state index in [2.05, 4.69) is 116 Å². The number of likely N-dealkylation sites (tertiary alicyclic amines) is 1. The second kappa shape index (κ2) is 28.7. The fourth-order valence-corrected chi connectivity index (χ4v) is 3.86. The van der Waals surface area contributed by atoms with Crippen LogP contribution in [0, 0.1) is 30.1 Å².